The predicted octanol–water partition coefficient (Wildman–Crippen LogP) is 3.53. The summed E-state index contributed by atoms with van der Waals surface area (Å²) in [6.45, 7) is 1.84. The summed E-state index contributed by atoms with van der Waals surface area (Å²) in [5, 5.41) is 9.79. The van der Waals surface area contributed by atoms with E-state index in [0.29, 0.717) is 5.82 Å². The van der Waals surface area contributed by atoms with Crippen LogP contribution in [0.15, 0.2) is 48.5 Å². The fraction of sp³-hybridized carbons (Fsp3) is 0.190. The molecule has 2 N–H and O–H groups in total. The SMILES string of the molecule is COc1ccc(-c2c(C)nn3c2NC(=O)C3CC(=O)Nc2ccccc2F)cc1. The van der Waals surface area contributed by atoms with E-state index in [-0.39, 0.29) is 18.0 Å². The number of rotatable bonds is 5. The molecular formula is C21H19FN4O3. The van der Waals surface area contributed by atoms with Crippen LogP contribution in [0.2, 0.25) is 0 Å². The van der Waals surface area contributed by atoms with Gasteiger partial charge in [0.1, 0.15) is 23.4 Å². The molecule has 1 aliphatic heterocycles. The van der Waals surface area contributed by atoms with E-state index >= 15 is 0 Å². The molecule has 1 aliphatic rings. The summed E-state index contributed by atoms with van der Waals surface area (Å²) >= 11 is 0. The van der Waals surface area contributed by atoms with E-state index in [0.717, 1.165) is 22.6 Å². The molecule has 3 aromatic rings. The number of ether oxygens (including phenoxy) is 1. The number of nitrogens with zero attached hydrogens (tertiary/aromatic N) is 2. The van der Waals surface area contributed by atoms with E-state index in [9.17, 15) is 14.0 Å². The average molecular weight is 394 g/mol. The number of aryl methyl sites for hydroxylation is 1. The summed E-state index contributed by atoms with van der Waals surface area (Å²) in [6, 6.07) is 12.5. The van der Waals surface area contributed by atoms with Gasteiger partial charge in [-0.3, -0.25) is 9.59 Å². The van der Waals surface area contributed by atoms with Gasteiger partial charge in [0, 0.05) is 5.56 Å². The van der Waals surface area contributed by atoms with Crippen LogP contribution in [0.3, 0.4) is 0 Å². The predicted molar refractivity (Wildman–Crippen MR) is 106 cm³/mol. The molecule has 2 heterocycles. The van der Waals surface area contributed by atoms with Crippen molar-refractivity contribution in [3.8, 4) is 16.9 Å². The van der Waals surface area contributed by atoms with Crippen molar-refractivity contribution in [3.63, 3.8) is 0 Å². The van der Waals surface area contributed by atoms with Gasteiger partial charge in [-0.2, -0.15) is 5.10 Å². The van der Waals surface area contributed by atoms with Gasteiger partial charge in [0.05, 0.1) is 24.9 Å². The summed E-state index contributed by atoms with van der Waals surface area (Å²) in [4.78, 5) is 24.9. The molecule has 0 bridgehead atoms. The number of carbonyl (C=O) groups is 2. The first-order valence-corrected chi connectivity index (χ1v) is 9.06. The molecule has 148 valence electrons. The number of nitrogens with one attached hydrogen (secondary N) is 2. The van der Waals surface area contributed by atoms with Crippen LogP contribution >= 0.6 is 0 Å². The number of para-hydroxylation sites is 1. The minimum atomic E-state index is -0.803. The lowest BCUT2D eigenvalue weighted by atomic mass is 10.1. The number of anilines is 2. The van der Waals surface area contributed by atoms with Gasteiger partial charge < -0.3 is 15.4 Å². The van der Waals surface area contributed by atoms with Crippen LogP contribution in [0.4, 0.5) is 15.9 Å². The lowest BCUT2D eigenvalue weighted by molar-refractivity contribution is -0.123. The molecule has 4 rings (SSSR count). The molecule has 0 saturated heterocycles. The molecule has 1 aromatic heterocycles. The quantitative estimate of drug-likeness (QED) is 0.693. The highest BCUT2D eigenvalue weighted by atomic mass is 19.1. The van der Waals surface area contributed by atoms with E-state index in [1.807, 2.05) is 31.2 Å². The maximum absolute atomic E-state index is 13.8. The zero-order chi connectivity index (χ0) is 20.5. The number of hydrogen-bond donors (Lipinski definition) is 2. The highest BCUT2D eigenvalue weighted by Gasteiger charge is 2.36. The number of carbonyl (C=O) groups excluding carboxylic acids is 2. The topological polar surface area (TPSA) is 85.2 Å². The largest absolute Gasteiger partial charge is 0.497 e. The molecule has 0 spiro atoms. The normalized spacial score (nSPS) is 15.0. The Morgan fingerprint density at radius 2 is 1.97 bits per heavy atom. The third kappa shape index (κ3) is 3.44. The Balaban J connectivity index is 1.58. The molecule has 29 heavy (non-hydrogen) atoms. The standard InChI is InChI=1S/C21H19FN4O3/c1-12-19(13-7-9-14(29-2)10-8-13)20-24-21(28)17(26(20)25-12)11-18(27)23-16-6-4-3-5-15(16)22/h3-10,17H,11H2,1-2H3,(H,23,27)(H,24,28). The van der Waals surface area contributed by atoms with E-state index in [2.05, 4.69) is 15.7 Å². The van der Waals surface area contributed by atoms with Crippen LogP contribution in [-0.2, 0) is 9.59 Å². The van der Waals surface area contributed by atoms with E-state index in [4.69, 9.17) is 4.74 Å². The Labute approximate surface area is 166 Å². The molecule has 0 saturated carbocycles. The first-order chi connectivity index (χ1) is 14.0. The highest BCUT2D eigenvalue weighted by Crippen LogP contribution is 2.38. The van der Waals surface area contributed by atoms with Gasteiger partial charge >= 0.3 is 0 Å². The van der Waals surface area contributed by atoms with Crippen molar-refractivity contribution < 1.29 is 18.7 Å². The van der Waals surface area contributed by atoms with Crippen LogP contribution in [0, 0.1) is 12.7 Å². The van der Waals surface area contributed by atoms with Crippen molar-refractivity contribution >= 4 is 23.3 Å². The second-order valence-corrected chi connectivity index (χ2v) is 6.72. The minimum absolute atomic E-state index is 0.0756. The number of amides is 2. The molecule has 2 amide bonds. The van der Waals surface area contributed by atoms with Crippen molar-refractivity contribution in [2.45, 2.75) is 19.4 Å². The number of methoxy groups -OCH3 is 1. The zero-order valence-electron chi connectivity index (χ0n) is 15.9. The smallest absolute Gasteiger partial charge is 0.251 e. The second kappa shape index (κ2) is 7.38. The number of benzene rings is 2. The summed E-state index contributed by atoms with van der Waals surface area (Å²) in [5.74, 6) is -0.0642. The molecule has 7 nitrogen and oxygen atoms in total. The van der Waals surface area contributed by atoms with Crippen molar-refractivity contribution in [2.24, 2.45) is 0 Å². The summed E-state index contributed by atoms with van der Waals surface area (Å²) in [7, 11) is 1.59. The van der Waals surface area contributed by atoms with Crippen LogP contribution in [0.1, 0.15) is 18.2 Å². The van der Waals surface area contributed by atoms with Gasteiger partial charge in [-0.05, 0) is 36.8 Å². The highest BCUT2D eigenvalue weighted by molar-refractivity contribution is 6.04. The van der Waals surface area contributed by atoms with Crippen LogP contribution in [0.25, 0.3) is 11.1 Å². The molecule has 8 heteroatoms. The number of aromatic nitrogens is 2. The Bertz CT molecular complexity index is 1090. The van der Waals surface area contributed by atoms with Gasteiger partial charge in [-0.1, -0.05) is 24.3 Å². The Morgan fingerprint density at radius 1 is 1.24 bits per heavy atom. The third-order valence-electron chi connectivity index (χ3n) is 4.83. The number of hydrogen-bond acceptors (Lipinski definition) is 4. The van der Waals surface area contributed by atoms with Gasteiger partial charge in [0.15, 0.2) is 0 Å². The van der Waals surface area contributed by atoms with Crippen molar-refractivity contribution in [2.75, 3.05) is 17.7 Å². The maximum atomic E-state index is 13.8. The third-order valence-corrected chi connectivity index (χ3v) is 4.83. The monoisotopic (exact) mass is 394 g/mol. The van der Waals surface area contributed by atoms with Gasteiger partial charge in [0.25, 0.3) is 5.91 Å². The van der Waals surface area contributed by atoms with Crippen molar-refractivity contribution in [1.29, 1.82) is 0 Å². The lowest BCUT2D eigenvalue weighted by Gasteiger charge is -2.10. The van der Waals surface area contributed by atoms with E-state index in [1.165, 1.54) is 22.9 Å². The van der Waals surface area contributed by atoms with Gasteiger partial charge in [-0.15, -0.1) is 0 Å². The first kappa shape index (κ1) is 18.7. The van der Waals surface area contributed by atoms with Crippen LogP contribution in [-0.4, -0.2) is 28.7 Å². The Hall–Kier alpha value is -3.68. The number of fused-ring (bicyclic) bond motifs is 1. The summed E-state index contributed by atoms with van der Waals surface area (Å²) in [5.41, 5.74) is 2.47. The molecule has 0 fully saturated rings. The molecule has 1 atom stereocenters. The minimum Gasteiger partial charge on any atom is -0.497 e. The van der Waals surface area contributed by atoms with E-state index < -0.39 is 17.8 Å². The Kier molecular flexibility index (Phi) is 4.75. The summed E-state index contributed by atoms with van der Waals surface area (Å²) in [6.07, 6.45) is -0.156. The second-order valence-electron chi connectivity index (χ2n) is 6.72. The van der Waals surface area contributed by atoms with Crippen molar-refractivity contribution in [3.05, 3.63) is 60.0 Å². The molecule has 1 unspecified atom stereocenters. The first-order valence-electron chi connectivity index (χ1n) is 9.06. The van der Waals surface area contributed by atoms with Crippen molar-refractivity contribution in [1.82, 2.24) is 9.78 Å². The maximum Gasteiger partial charge on any atom is 0.251 e. The van der Waals surface area contributed by atoms with Gasteiger partial charge in [0.2, 0.25) is 5.91 Å². The fourth-order valence-electron chi connectivity index (χ4n) is 3.43. The Morgan fingerprint density at radius 3 is 2.66 bits per heavy atom. The molecule has 2 aromatic carbocycles. The van der Waals surface area contributed by atoms with Crippen LogP contribution < -0.4 is 15.4 Å². The average Bonchev–Trinajstić information content (AvgIpc) is 3.17. The lowest BCUT2D eigenvalue weighted by Crippen LogP contribution is -2.24. The zero-order valence-corrected chi connectivity index (χ0v) is 15.9. The number of halogens is 1. The fourth-order valence-corrected chi connectivity index (χ4v) is 3.43. The van der Waals surface area contributed by atoms with E-state index in [1.54, 1.807) is 13.2 Å². The molecule has 0 aliphatic carbocycles. The molecular weight excluding hydrogens is 375 g/mol. The molecule has 0 radical (unpaired) electrons. The summed E-state index contributed by atoms with van der Waals surface area (Å²) < 4.78 is 20.5. The van der Waals surface area contributed by atoms with Gasteiger partial charge in [-0.25, -0.2) is 9.07 Å². The van der Waals surface area contributed by atoms with Crippen LogP contribution in [0.5, 0.6) is 5.75 Å².